The Balaban J connectivity index is 1.85. The summed E-state index contributed by atoms with van der Waals surface area (Å²) in [5.41, 5.74) is -0.220. The predicted octanol–water partition coefficient (Wildman–Crippen LogP) is 3.77. The molecule has 23 heavy (non-hydrogen) atoms. The monoisotopic (exact) mass is 321 g/mol. The molecular formula is C17H17F2NO3. The summed E-state index contributed by atoms with van der Waals surface area (Å²) in [6, 6.07) is 9.63. The molecule has 0 radical (unpaired) electrons. The van der Waals surface area contributed by atoms with Crippen LogP contribution in [-0.2, 0) is 4.79 Å². The van der Waals surface area contributed by atoms with Crippen molar-refractivity contribution in [2.75, 3.05) is 18.5 Å². The number of ether oxygens (including phenoxy) is 2. The molecule has 0 aliphatic rings. The standard InChI is InChI=1S/C17H17F2NO3/c1-2-9-22-13-4-6-14(7-5-13)23-11-17(21)20-16-10-12(18)3-8-15(16)19/h3-8,10H,2,9,11H2,1H3,(H,20,21). The summed E-state index contributed by atoms with van der Waals surface area (Å²) in [5, 5.41) is 2.26. The highest BCUT2D eigenvalue weighted by molar-refractivity contribution is 5.91. The normalized spacial score (nSPS) is 10.2. The third-order valence-electron chi connectivity index (χ3n) is 2.87. The molecule has 0 saturated carbocycles. The van der Waals surface area contributed by atoms with Crippen molar-refractivity contribution in [3.8, 4) is 11.5 Å². The quantitative estimate of drug-likeness (QED) is 0.844. The van der Waals surface area contributed by atoms with Gasteiger partial charge in [-0.2, -0.15) is 0 Å². The van der Waals surface area contributed by atoms with E-state index in [1.54, 1.807) is 24.3 Å². The SMILES string of the molecule is CCCOc1ccc(OCC(=O)Nc2cc(F)ccc2F)cc1. The molecular weight excluding hydrogens is 304 g/mol. The molecule has 1 N–H and O–H groups in total. The fraction of sp³-hybridized carbons (Fsp3) is 0.235. The smallest absolute Gasteiger partial charge is 0.262 e. The largest absolute Gasteiger partial charge is 0.494 e. The van der Waals surface area contributed by atoms with E-state index in [9.17, 15) is 13.6 Å². The second-order valence-corrected chi connectivity index (χ2v) is 4.78. The van der Waals surface area contributed by atoms with Gasteiger partial charge in [0.2, 0.25) is 0 Å². The van der Waals surface area contributed by atoms with Crippen LogP contribution in [0.25, 0.3) is 0 Å². The molecule has 2 aromatic rings. The van der Waals surface area contributed by atoms with Crippen LogP contribution in [0.5, 0.6) is 11.5 Å². The van der Waals surface area contributed by atoms with Crippen molar-refractivity contribution in [1.29, 1.82) is 0 Å². The molecule has 0 aliphatic carbocycles. The number of benzene rings is 2. The molecule has 0 atom stereocenters. The number of hydrogen-bond donors (Lipinski definition) is 1. The number of hydrogen-bond acceptors (Lipinski definition) is 3. The zero-order valence-corrected chi connectivity index (χ0v) is 12.6. The Labute approximate surface area is 133 Å². The molecule has 0 unspecified atom stereocenters. The summed E-state index contributed by atoms with van der Waals surface area (Å²) in [6.07, 6.45) is 0.912. The molecule has 122 valence electrons. The number of amides is 1. The van der Waals surface area contributed by atoms with Gasteiger partial charge in [0.15, 0.2) is 6.61 Å². The molecule has 0 saturated heterocycles. The Bertz CT molecular complexity index is 659. The van der Waals surface area contributed by atoms with Gasteiger partial charge in [-0.1, -0.05) is 6.92 Å². The van der Waals surface area contributed by atoms with E-state index >= 15 is 0 Å². The summed E-state index contributed by atoms with van der Waals surface area (Å²) in [4.78, 5) is 11.7. The van der Waals surface area contributed by atoms with Gasteiger partial charge in [-0.05, 0) is 42.8 Å². The third-order valence-corrected chi connectivity index (χ3v) is 2.87. The van der Waals surface area contributed by atoms with Crippen molar-refractivity contribution >= 4 is 11.6 Å². The van der Waals surface area contributed by atoms with E-state index in [-0.39, 0.29) is 12.3 Å². The molecule has 2 rings (SSSR count). The predicted molar refractivity (Wildman–Crippen MR) is 82.7 cm³/mol. The van der Waals surface area contributed by atoms with Gasteiger partial charge in [-0.25, -0.2) is 8.78 Å². The van der Waals surface area contributed by atoms with E-state index in [0.717, 1.165) is 24.6 Å². The number of carbonyl (C=O) groups is 1. The number of rotatable bonds is 7. The van der Waals surface area contributed by atoms with Crippen molar-refractivity contribution in [3.63, 3.8) is 0 Å². The number of anilines is 1. The van der Waals surface area contributed by atoms with Crippen molar-refractivity contribution in [3.05, 3.63) is 54.1 Å². The molecule has 0 heterocycles. The Hall–Kier alpha value is -2.63. The Morgan fingerprint density at radius 1 is 1.04 bits per heavy atom. The molecule has 0 bridgehead atoms. The second kappa shape index (κ2) is 8.12. The molecule has 0 aromatic heterocycles. The lowest BCUT2D eigenvalue weighted by Crippen LogP contribution is -2.20. The van der Waals surface area contributed by atoms with Crippen molar-refractivity contribution in [2.24, 2.45) is 0 Å². The summed E-state index contributed by atoms with van der Waals surface area (Å²) in [5.74, 6) is -0.738. The zero-order chi connectivity index (χ0) is 16.7. The molecule has 4 nitrogen and oxygen atoms in total. The van der Waals surface area contributed by atoms with Gasteiger partial charge in [0.25, 0.3) is 5.91 Å². The minimum atomic E-state index is -0.711. The average molecular weight is 321 g/mol. The summed E-state index contributed by atoms with van der Waals surface area (Å²) in [6.45, 7) is 2.32. The van der Waals surface area contributed by atoms with Gasteiger partial charge in [0.1, 0.15) is 23.1 Å². The third kappa shape index (κ3) is 5.25. The highest BCUT2D eigenvalue weighted by Gasteiger charge is 2.09. The lowest BCUT2D eigenvalue weighted by molar-refractivity contribution is -0.118. The number of carbonyl (C=O) groups excluding carboxylic acids is 1. The van der Waals surface area contributed by atoms with E-state index < -0.39 is 17.5 Å². The van der Waals surface area contributed by atoms with Crippen molar-refractivity contribution < 1.29 is 23.0 Å². The van der Waals surface area contributed by atoms with Crippen LogP contribution < -0.4 is 14.8 Å². The maximum Gasteiger partial charge on any atom is 0.262 e. The maximum absolute atomic E-state index is 13.4. The van der Waals surface area contributed by atoms with Crippen molar-refractivity contribution in [2.45, 2.75) is 13.3 Å². The van der Waals surface area contributed by atoms with E-state index in [4.69, 9.17) is 9.47 Å². The average Bonchev–Trinajstić information content (AvgIpc) is 2.55. The first-order chi connectivity index (χ1) is 11.1. The highest BCUT2D eigenvalue weighted by Crippen LogP contribution is 2.18. The maximum atomic E-state index is 13.4. The van der Waals surface area contributed by atoms with Crippen LogP contribution in [0.1, 0.15) is 13.3 Å². The Morgan fingerprint density at radius 3 is 2.35 bits per heavy atom. The van der Waals surface area contributed by atoms with Crippen LogP contribution >= 0.6 is 0 Å². The Morgan fingerprint density at radius 2 is 1.70 bits per heavy atom. The van der Waals surface area contributed by atoms with Gasteiger partial charge < -0.3 is 14.8 Å². The van der Waals surface area contributed by atoms with Gasteiger partial charge >= 0.3 is 0 Å². The molecule has 2 aromatic carbocycles. The minimum Gasteiger partial charge on any atom is -0.494 e. The van der Waals surface area contributed by atoms with Crippen LogP contribution in [0.3, 0.4) is 0 Å². The summed E-state index contributed by atoms with van der Waals surface area (Å²) in [7, 11) is 0. The molecule has 0 spiro atoms. The van der Waals surface area contributed by atoms with Crippen molar-refractivity contribution in [1.82, 2.24) is 0 Å². The number of halogens is 2. The van der Waals surface area contributed by atoms with Gasteiger partial charge in [-0.15, -0.1) is 0 Å². The first kappa shape index (κ1) is 16.7. The van der Waals surface area contributed by atoms with E-state index in [1.807, 2.05) is 6.92 Å². The minimum absolute atomic E-state index is 0.220. The van der Waals surface area contributed by atoms with Crippen LogP contribution in [-0.4, -0.2) is 19.1 Å². The lowest BCUT2D eigenvalue weighted by Gasteiger charge is -2.09. The van der Waals surface area contributed by atoms with Crippen LogP contribution in [0.2, 0.25) is 0 Å². The van der Waals surface area contributed by atoms with Gasteiger partial charge in [0, 0.05) is 6.07 Å². The highest BCUT2D eigenvalue weighted by atomic mass is 19.1. The van der Waals surface area contributed by atoms with Crippen LogP contribution in [0.15, 0.2) is 42.5 Å². The topological polar surface area (TPSA) is 47.6 Å². The fourth-order valence-corrected chi connectivity index (χ4v) is 1.78. The molecule has 0 fully saturated rings. The first-order valence-electron chi connectivity index (χ1n) is 7.19. The van der Waals surface area contributed by atoms with Crippen LogP contribution in [0, 0.1) is 11.6 Å². The van der Waals surface area contributed by atoms with Gasteiger partial charge in [-0.3, -0.25) is 4.79 Å². The van der Waals surface area contributed by atoms with Gasteiger partial charge in [0.05, 0.1) is 12.3 Å². The lowest BCUT2D eigenvalue weighted by atomic mass is 10.3. The molecule has 1 amide bonds. The van der Waals surface area contributed by atoms with E-state index in [1.165, 1.54) is 0 Å². The second-order valence-electron chi connectivity index (χ2n) is 4.78. The molecule has 6 heteroatoms. The zero-order valence-electron chi connectivity index (χ0n) is 12.6. The fourth-order valence-electron chi connectivity index (χ4n) is 1.78. The first-order valence-corrected chi connectivity index (χ1v) is 7.19. The van der Waals surface area contributed by atoms with E-state index in [2.05, 4.69) is 5.32 Å². The van der Waals surface area contributed by atoms with E-state index in [0.29, 0.717) is 18.1 Å². The molecule has 0 aliphatic heterocycles. The number of nitrogens with one attached hydrogen (secondary N) is 1. The summed E-state index contributed by atoms with van der Waals surface area (Å²) < 4.78 is 37.1. The van der Waals surface area contributed by atoms with Crippen LogP contribution in [0.4, 0.5) is 14.5 Å². The summed E-state index contributed by atoms with van der Waals surface area (Å²) >= 11 is 0. The Kier molecular flexibility index (Phi) is 5.91.